The molecule has 0 aliphatic heterocycles. The number of amides is 1. The van der Waals surface area contributed by atoms with E-state index in [1.807, 2.05) is 31.2 Å². The molecule has 3 aromatic rings. The quantitative estimate of drug-likeness (QED) is 0.753. The number of nitrogens with one attached hydrogen (secondary N) is 1. The topological polar surface area (TPSA) is 92.3 Å². The van der Waals surface area contributed by atoms with Gasteiger partial charge in [-0.3, -0.25) is 4.79 Å². The summed E-state index contributed by atoms with van der Waals surface area (Å²) in [6, 6.07) is 13.1. The summed E-state index contributed by atoms with van der Waals surface area (Å²) < 4.78 is 7.16. The van der Waals surface area contributed by atoms with Gasteiger partial charge in [-0.15, -0.1) is 5.10 Å². The van der Waals surface area contributed by atoms with Gasteiger partial charge in [0.05, 0.1) is 24.4 Å². The van der Waals surface area contributed by atoms with Gasteiger partial charge in [0.15, 0.2) is 17.2 Å². The van der Waals surface area contributed by atoms with Crippen molar-refractivity contribution in [1.29, 1.82) is 5.26 Å². The molecule has 2 aromatic heterocycles. The van der Waals surface area contributed by atoms with Crippen LogP contribution in [0, 0.1) is 11.3 Å². The van der Waals surface area contributed by atoms with Gasteiger partial charge in [0.25, 0.3) is 0 Å². The van der Waals surface area contributed by atoms with Crippen LogP contribution < -0.4 is 10.1 Å². The number of nitriles is 1. The number of pyridine rings is 1. The van der Waals surface area contributed by atoms with E-state index < -0.39 is 5.41 Å². The molecule has 1 amide bonds. The zero-order valence-corrected chi connectivity index (χ0v) is 15.2. The second-order valence-corrected chi connectivity index (χ2v) is 6.59. The Morgan fingerprint density at radius 1 is 1.30 bits per heavy atom. The van der Waals surface area contributed by atoms with Crippen LogP contribution in [-0.4, -0.2) is 34.2 Å². The second kappa shape index (κ2) is 6.40. The molecule has 0 atom stereocenters. The molecule has 2 heterocycles. The molecule has 1 N–H and O–H groups in total. The zero-order chi connectivity index (χ0) is 19.0. The van der Waals surface area contributed by atoms with E-state index in [1.165, 1.54) is 0 Å². The molecule has 1 aliphatic rings. The maximum absolute atomic E-state index is 12.5. The Labute approximate surface area is 156 Å². The van der Waals surface area contributed by atoms with E-state index in [1.54, 1.807) is 23.8 Å². The predicted octanol–water partition coefficient (Wildman–Crippen LogP) is 2.44. The van der Waals surface area contributed by atoms with Gasteiger partial charge in [0, 0.05) is 12.1 Å². The number of carbonyl (C=O) groups excluding carboxylic acids is 1. The Balaban J connectivity index is 1.86. The SMILES string of the molecule is CCNC(=O)C1(c2nc3c(OC)ccc(-c4ccc(C#N)cc4)n3n2)CC1. The number of ether oxygens (including phenoxy) is 1. The van der Waals surface area contributed by atoms with E-state index in [-0.39, 0.29) is 5.91 Å². The number of rotatable bonds is 5. The molecule has 1 aromatic carbocycles. The van der Waals surface area contributed by atoms with Crippen LogP contribution in [0.25, 0.3) is 16.9 Å². The summed E-state index contributed by atoms with van der Waals surface area (Å²) in [5, 5.41) is 16.6. The third-order valence-corrected chi connectivity index (χ3v) is 4.93. The van der Waals surface area contributed by atoms with Gasteiger partial charge in [-0.05, 0) is 44.0 Å². The fourth-order valence-electron chi connectivity index (χ4n) is 3.24. The number of likely N-dealkylation sites (N-methyl/N-ethyl adjacent to an activating group) is 1. The van der Waals surface area contributed by atoms with Crippen molar-refractivity contribution in [1.82, 2.24) is 19.9 Å². The first-order chi connectivity index (χ1) is 13.1. The molecule has 136 valence electrons. The highest BCUT2D eigenvalue weighted by Crippen LogP contribution is 2.47. The smallest absolute Gasteiger partial charge is 0.233 e. The van der Waals surface area contributed by atoms with Gasteiger partial charge in [-0.25, -0.2) is 9.50 Å². The molecule has 1 fully saturated rings. The maximum atomic E-state index is 12.5. The van der Waals surface area contributed by atoms with Crippen LogP contribution >= 0.6 is 0 Å². The molecule has 7 heteroatoms. The lowest BCUT2D eigenvalue weighted by Crippen LogP contribution is -2.35. The number of carbonyl (C=O) groups is 1. The molecular formula is C20H19N5O2. The largest absolute Gasteiger partial charge is 0.493 e. The molecule has 0 unspecified atom stereocenters. The van der Waals surface area contributed by atoms with Gasteiger partial charge >= 0.3 is 0 Å². The standard InChI is InChI=1S/C20H19N5O2/c1-3-22-19(26)20(10-11-20)18-23-17-16(27-2)9-8-15(25(17)24-18)14-6-4-13(12-21)5-7-14/h4-9H,3,10-11H2,1-2H3,(H,22,26). The number of aromatic nitrogens is 3. The minimum absolute atomic E-state index is 0.0280. The van der Waals surface area contributed by atoms with Crippen LogP contribution in [0.15, 0.2) is 36.4 Å². The second-order valence-electron chi connectivity index (χ2n) is 6.59. The van der Waals surface area contributed by atoms with Crippen molar-refractivity contribution in [3.8, 4) is 23.1 Å². The first kappa shape index (κ1) is 17.0. The van der Waals surface area contributed by atoms with E-state index in [2.05, 4.69) is 21.5 Å². The molecule has 4 rings (SSSR count). The molecule has 0 saturated heterocycles. The maximum Gasteiger partial charge on any atom is 0.233 e. The minimum atomic E-state index is -0.644. The summed E-state index contributed by atoms with van der Waals surface area (Å²) in [5.74, 6) is 1.09. The lowest BCUT2D eigenvalue weighted by molar-refractivity contribution is -0.123. The summed E-state index contributed by atoms with van der Waals surface area (Å²) in [6.07, 6.45) is 1.48. The molecular weight excluding hydrogens is 342 g/mol. The van der Waals surface area contributed by atoms with Gasteiger partial charge in [-0.1, -0.05) is 12.1 Å². The van der Waals surface area contributed by atoms with E-state index in [0.29, 0.717) is 29.3 Å². The van der Waals surface area contributed by atoms with Crippen molar-refractivity contribution in [2.24, 2.45) is 0 Å². The Morgan fingerprint density at radius 3 is 2.63 bits per heavy atom. The number of hydrogen-bond acceptors (Lipinski definition) is 5. The number of benzene rings is 1. The summed E-state index contributed by atoms with van der Waals surface area (Å²) in [6.45, 7) is 2.48. The molecule has 0 spiro atoms. The van der Waals surface area contributed by atoms with Crippen LogP contribution in [0.2, 0.25) is 0 Å². The minimum Gasteiger partial charge on any atom is -0.493 e. The van der Waals surface area contributed by atoms with Crippen molar-refractivity contribution in [3.63, 3.8) is 0 Å². The zero-order valence-electron chi connectivity index (χ0n) is 15.2. The van der Waals surface area contributed by atoms with Crippen molar-refractivity contribution >= 4 is 11.6 Å². The van der Waals surface area contributed by atoms with E-state index in [9.17, 15) is 4.79 Å². The average Bonchev–Trinajstić information content (AvgIpc) is 3.40. The Morgan fingerprint density at radius 2 is 2.04 bits per heavy atom. The third kappa shape index (κ3) is 2.70. The molecule has 27 heavy (non-hydrogen) atoms. The van der Waals surface area contributed by atoms with Crippen molar-refractivity contribution in [2.75, 3.05) is 13.7 Å². The molecule has 1 aliphatic carbocycles. The average molecular weight is 361 g/mol. The lowest BCUT2D eigenvalue weighted by atomic mass is 10.1. The van der Waals surface area contributed by atoms with Gasteiger partial charge in [-0.2, -0.15) is 5.26 Å². The first-order valence-corrected chi connectivity index (χ1v) is 8.86. The highest BCUT2D eigenvalue weighted by Gasteiger charge is 2.54. The number of hydrogen-bond donors (Lipinski definition) is 1. The molecule has 0 bridgehead atoms. The molecule has 0 radical (unpaired) electrons. The summed E-state index contributed by atoms with van der Waals surface area (Å²) in [5.41, 5.74) is 2.25. The Kier molecular flexibility index (Phi) is 4.04. The summed E-state index contributed by atoms with van der Waals surface area (Å²) >= 11 is 0. The van der Waals surface area contributed by atoms with Gasteiger partial charge in [0.1, 0.15) is 5.41 Å². The lowest BCUT2D eigenvalue weighted by Gasteiger charge is -2.10. The monoisotopic (exact) mass is 361 g/mol. The summed E-state index contributed by atoms with van der Waals surface area (Å²) in [7, 11) is 1.59. The van der Waals surface area contributed by atoms with Crippen LogP contribution in [-0.2, 0) is 10.2 Å². The van der Waals surface area contributed by atoms with Crippen LogP contribution in [0.4, 0.5) is 0 Å². The fourth-order valence-corrected chi connectivity index (χ4v) is 3.24. The van der Waals surface area contributed by atoms with Gasteiger partial charge < -0.3 is 10.1 Å². The normalized spacial score (nSPS) is 14.6. The molecule has 1 saturated carbocycles. The highest BCUT2D eigenvalue weighted by molar-refractivity contribution is 5.90. The number of nitrogens with zero attached hydrogens (tertiary/aromatic N) is 4. The van der Waals surface area contributed by atoms with Crippen molar-refractivity contribution in [2.45, 2.75) is 25.2 Å². The fraction of sp³-hybridized carbons (Fsp3) is 0.300. The van der Waals surface area contributed by atoms with Crippen LogP contribution in [0.3, 0.4) is 0 Å². The van der Waals surface area contributed by atoms with E-state index in [4.69, 9.17) is 10.00 Å². The van der Waals surface area contributed by atoms with E-state index >= 15 is 0 Å². The summed E-state index contributed by atoms with van der Waals surface area (Å²) in [4.78, 5) is 17.2. The Hall–Kier alpha value is -3.40. The molecule has 7 nitrogen and oxygen atoms in total. The highest BCUT2D eigenvalue weighted by atomic mass is 16.5. The van der Waals surface area contributed by atoms with Crippen LogP contribution in [0.5, 0.6) is 5.75 Å². The van der Waals surface area contributed by atoms with Crippen molar-refractivity contribution in [3.05, 3.63) is 47.8 Å². The van der Waals surface area contributed by atoms with Crippen molar-refractivity contribution < 1.29 is 9.53 Å². The number of methoxy groups -OCH3 is 1. The van der Waals surface area contributed by atoms with E-state index in [0.717, 1.165) is 24.1 Å². The predicted molar refractivity (Wildman–Crippen MR) is 99.3 cm³/mol. The Bertz CT molecular complexity index is 1060. The third-order valence-electron chi connectivity index (χ3n) is 4.93. The number of fused-ring (bicyclic) bond motifs is 1. The van der Waals surface area contributed by atoms with Gasteiger partial charge in [0.2, 0.25) is 5.91 Å². The van der Waals surface area contributed by atoms with Crippen LogP contribution in [0.1, 0.15) is 31.2 Å². The first-order valence-electron chi connectivity index (χ1n) is 8.86.